The van der Waals surface area contributed by atoms with Crippen LogP contribution in [0.1, 0.15) is 27.6 Å². The Morgan fingerprint density at radius 2 is 1.76 bits per heavy atom. The van der Waals surface area contributed by atoms with Crippen LogP contribution in [0.15, 0.2) is 54.7 Å². The lowest BCUT2D eigenvalue weighted by atomic mass is 9.98. The van der Waals surface area contributed by atoms with E-state index in [1.165, 1.54) is 14.2 Å². The van der Waals surface area contributed by atoms with Gasteiger partial charge in [-0.2, -0.15) is 0 Å². The summed E-state index contributed by atoms with van der Waals surface area (Å²) in [5.74, 6) is 0.137. The molecule has 1 amide bonds. The molecule has 0 aliphatic heterocycles. The molecule has 33 heavy (non-hydrogen) atoms. The average Bonchev–Trinajstić information content (AvgIpc) is 2.83. The van der Waals surface area contributed by atoms with Gasteiger partial charge in [-0.05, 0) is 48.4 Å². The predicted octanol–water partition coefficient (Wildman–Crippen LogP) is 3.73. The Morgan fingerprint density at radius 1 is 1.00 bits per heavy atom. The first-order valence-corrected chi connectivity index (χ1v) is 10.4. The van der Waals surface area contributed by atoms with E-state index in [1.54, 1.807) is 40.5 Å². The highest BCUT2D eigenvalue weighted by atomic mass is 16.5. The van der Waals surface area contributed by atoms with Gasteiger partial charge in [0, 0.05) is 43.5 Å². The van der Waals surface area contributed by atoms with Crippen molar-refractivity contribution in [2.45, 2.75) is 6.92 Å². The van der Waals surface area contributed by atoms with Crippen LogP contribution in [-0.4, -0.2) is 61.7 Å². The number of pyridine rings is 1. The van der Waals surface area contributed by atoms with E-state index in [1.807, 2.05) is 45.3 Å². The topological polar surface area (TPSA) is 98.0 Å². The molecule has 8 nitrogen and oxygen atoms in total. The number of amides is 1. The fraction of sp³-hybridized carbons (Fsp3) is 0.240. The van der Waals surface area contributed by atoms with Crippen LogP contribution >= 0.6 is 0 Å². The number of hydrogen-bond acceptors (Lipinski definition) is 7. The van der Waals surface area contributed by atoms with E-state index >= 15 is 0 Å². The van der Waals surface area contributed by atoms with E-state index in [2.05, 4.69) is 4.98 Å². The summed E-state index contributed by atoms with van der Waals surface area (Å²) in [7, 11) is 6.47. The van der Waals surface area contributed by atoms with E-state index in [4.69, 9.17) is 15.2 Å². The number of nitrogens with zero attached hydrogens (tertiary/aromatic N) is 3. The summed E-state index contributed by atoms with van der Waals surface area (Å²) < 4.78 is 10.2. The molecule has 0 spiro atoms. The van der Waals surface area contributed by atoms with Gasteiger partial charge in [0.25, 0.3) is 5.91 Å². The Kier molecular flexibility index (Phi) is 7.30. The molecule has 0 atom stereocenters. The maximum Gasteiger partial charge on any atom is 0.341 e. The molecule has 1 aromatic heterocycles. The van der Waals surface area contributed by atoms with Gasteiger partial charge in [0.1, 0.15) is 17.1 Å². The largest absolute Gasteiger partial charge is 0.496 e. The molecule has 0 bridgehead atoms. The van der Waals surface area contributed by atoms with Gasteiger partial charge in [-0.3, -0.25) is 9.80 Å². The molecular formula is C25H28N4O4. The smallest absolute Gasteiger partial charge is 0.341 e. The second-order valence-corrected chi connectivity index (χ2v) is 7.51. The maximum atomic E-state index is 12.9. The third kappa shape index (κ3) is 4.96. The minimum Gasteiger partial charge on any atom is -0.496 e. The number of methoxy groups -OCH3 is 2. The van der Waals surface area contributed by atoms with E-state index < -0.39 is 5.97 Å². The average molecular weight is 449 g/mol. The molecule has 0 fully saturated rings. The Bertz CT molecular complexity index is 1180. The van der Waals surface area contributed by atoms with Crippen LogP contribution in [0.3, 0.4) is 0 Å². The molecule has 0 radical (unpaired) electrons. The van der Waals surface area contributed by atoms with E-state index in [0.29, 0.717) is 34.8 Å². The number of carbonyl (C=O) groups excluding carboxylic acids is 2. The van der Waals surface area contributed by atoms with Crippen molar-refractivity contribution in [1.82, 2.24) is 15.0 Å². The number of benzene rings is 2. The third-order valence-electron chi connectivity index (χ3n) is 5.30. The van der Waals surface area contributed by atoms with Crippen LogP contribution in [-0.2, 0) is 4.74 Å². The predicted molar refractivity (Wildman–Crippen MR) is 128 cm³/mol. The van der Waals surface area contributed by atoms with Gasteiger partial charge in [-0.25, -0.2) is 14.8 Å². The first kappa shape index (κ1) is 23.7. The number of hydrogen-bond donors (Lipinski definition) is 1. The van der Waals surface area contributed by atoms with Crippen molar-refractivity contribution in [3.05, 3.63) is 65.9 Å². The zero-order valence-electron chi connectivity index (χ0n) is 19.5. The normalized spacial score (nSPS) is 10.7. The molecule has 0 aliphatic rings. The van der Waals surface area contributed by atoms with Crippen LogP contribution in [0.5, 0.6) is 5.75 Å². The number of ether oxygens (including phenoxy) is 2. The Hall–Kier alpha value is -3.91. The molecule has 0 saturated carbocycles. The van der Waals surface area contributed by atoms with Gasteiger partial charge in [0.15, 0.2) is 0 Å². The summed E-state index contributed by atoms with van der Waals surface area (Å²) in [6, 6.07) is 14.4. The number of esters is 1. The Morgan fingerprint density at radius 3 is 2.39 bits per heavy atom. The van der Waals surface area contributed by atoms with E-state index in [0.717, 1.165) is 16.7 Å². The maximum absolute atomic E-state index is 12.9. The van der Waals surface area contributed by atoms with Gasteiger partial charge in [0.2, 0.25) is 0 Å². The van der Waals surface area contributed by atoms with Gasteiger partial charge in [0.05, 0.1) is 14.2 Å². The van der Waals surface area contributed by atoms with Crippen molar-refractivity contribution < 1.29 is 19.1 Å². The van der Waals surface area contributed by atoms with Crippen molar-refractivity contribution >= 4 is 17.7 Å². The van der Waals surface area contributed by atoms with Crippen molar-refractivity contribution in [3.63, 3.8) is 0 Å². The first-order valence-electron chi connectivity index (χ1n) is 10.4. The summed E-state index contributed by atoms with van der Waals surface area (Å²) in [5, 5.41) is 3.42. The third-order valence-corrected chi connectivity index (χ3v) is 5.30. The molecule has 3 rings (SSSR count). The zero-order valence-corrected chi connectivity index (χ0v) is 19.5. The highest BCUT2D eigenvalue weighted by Crippen LogP contribution is 2.33. The summed E-state index contributed by atoms with van der Waals surface area (Å²) in [5.41, 5.74) is 10.1. The fourth-order valence-corrected chi connectivity index (χ4v) is 3.59. The number of carbonyl (C=O) groups is 2. The standard InChI is InChI=1S/C25H28N4O4/c1-6-29(28(2)3)24(30)18-9-7-8-16(12-18)19-13-21(23(26)27-15-19)17-10-11-20(25(31)33-5)22(14-17)32-4/h7-15H,6H2,1-5H3,(H2,26,27). The summed E-state index contributed by atoms with van der Waals surface area (Å²) in [6.07, 6.45) is 1.67. The number of nitrogen functional groups attached to an aromatic ring is 1. The van der Waals surface area contributed by atoms with Crippen molar-refractivity contribution in [2.75, 3.05) is 40.6 Å². The lowest BCUT2D eigenvalue weighted by molar-refractivity contribution is 0.0230. The van der Waals surface area contributed by atoms with Crippen LogP contribution in [0.4, 0.5) is 5.82 Å². The summed E-state index contributed by atoms with van der Waals surface area (Å²) >= 11 is 0. The van der Waals surface area contributed by atoms with Gasteiger partial charge in [-0.15, -0.1) is 0 Å². The molecule has 172 valence electrons. The van der Waals surface area contributed by atoms with E-state index in [-0.39, 0.29) is 5.91 Å². The minimum absolute atomic E-state index is 0.0869. The van der Waals surface area contributed by atoms with Crippen LogP contribution < -0.4 is 10.5 Å². The Labute approximate surface area is 193 Å². The second kappa shape index (κ2) is 10.1. The number of hydrazine groups is 1. The quantitative estimate of drug-likeness (QED) is 0.434. The lowest BCUT2D eigenvalue weighted by Gasteiger charge is -2.27. The number of rotatable bonds is 7. The molecule has 1 heterocycles. The van der Waals surface area contributed by atoms with Gasteiger partial charge in [-0.1, -0.05) is 18.2 Å². The van der Waals surface area contributed by atoms with Crippen LogP contribution in [0.2, 0.25) is 0 Å². The van der Waals surface area contributed by atoms with Crippen LogP contribution in [0.25, 0.3) is 22.3 Å². The molecule has 2 aromatic carbocycles. The summed E-state index contributed by atoms with van der Waals surface area (Å²) in [4.78, 5) is 29.3. The van der Waals surface area contributed by atoms with Gasteiger partial charge >= 0.3 is 5.97 Å². The zero-order chi connectivity index (χ0) is 24.1. The van der Waals surface area contributed by atoms with Crippen molar-refractivity contribution in [2.24, 2.45) is 0 Å². The van der Waals surface area contributed by atoms with Crippen LogP contribution in [0, 0.1) is 0 Å². The number of aromatic nitrogens is 1. The van der Waals surface area contributed by atoms with Crippen molar-refractivity contribution in [1.29, 1.82) is 0 Å². The molecule has 0 unspecified atom stereocenters. The monoisotopic (exact) mass is 448 g/mol. The number of nitrogens with two attached hydrogens (primary N) is 1. The highest BCUT2D eigenvalue weighted by Gasteiger charge is 2.18. The number of anilines is 1. The first-order chi connectivity index (χ1) is 15.8. The van der Waals surface area contributed by atoms with E-state index in [9.17, 15) is 9.59 Å². The van der Waals surface area contributed by atoms with Crippen molar-refractivity contribution in [3.8, 4) is 28.0 Å². The SMILES string of the molecule is CCN(C(=O)c1cccc(-c2cnc(N)c(-c3ccc(C(=O)OC)c(OC)c3)c2)c1)N(C)C. The van der Waals surface area contributed by atoms with Gasteiger partial charge < -0.3 is 15.2 Å². The minimum atomic E-state index is -0.487. The molecule has 0 aliphatic carbocycles. The highest BCUT2D eigenvalue weighted by molar-refractivity contribution is 5.96. The summed E-state index contributed by atoms with van der Waals surface area (Å²) in [6.45, 7) is 2.49. The molecule has 3 aromatic rings. The second-order valence-electron chi connectivity index (χ2n) is 7.51. The Balaban J connectivity index is 2.03. The fourth-order valence-electron chi connectivity index (χ4n) is 3.59. The molecule has 0 saturated heterocycles. The molecule has 8 heteroatoms. The molecular weight excluding hydrogens is 420 g/mol. The molecule has 2 N–H and O–H groups in total. The lowest BCUT2D eigenvalue weighted by Crippen LogP contribution is -2.41.